The van der Waals surface area contributed by atoms with E-state index in [1.165, 1.54) is 6.07 Å². The molecule has 0 bridgehead atoms. The highest BCUT2D eigenvalue weighted by Crippen LogP contribution is 2.13. The van der Waals surface area contributed by atoms with Gasteiger partial charge in [0, 0.05) is 12.6 Å². The molecule has 0 heterocycles. The first-order chi connectivity index (χ1) is 9.52. The molecular formula is C14H23ClN2O3. The Morgan fingerprint density at radius 1 is 1.25 bits per heavy atom. The van der Waals surface area contributed by atoms with E-state index in [4.69, 9.17) is 33.3 Å². The van der Waals surface area contributed by atoms with Crippen molar-refractivity contribution in [3.63, 3.8) is 0 Å². The molecule has 0 amide bonds. The topological polar surface area (TPSA) is 110 Å². The van der Waals surface area contributed by atoms with E-state index in [0.29, 0.717) is 6.54 Å². The van der Waals surface area contributed by atoms with E-state index in [1.54, 1.807) is 18.2 Å². The summed E-state index contributed by atoms with van der Waals surface area (Å²) in [7, 11) is 0. The van der Waals surface area contributed by atoms with E-state index in [9.17, 15) is 4.79 Å². The van der Waals surface area contributed by atoms with Crippen LogP contribution in [0.4, 0.5) is 0 Å². The maximum Gasteiger partial charge on any atom is 0.337 e. The molecule has 0 aliphatic heterocycles. The Hall–Kier alpha value is -1.14. The number of hydrogen-bond acceptors (Lipinski definition) is 4. The van der Waals surface area contributed by atoms with Crippen LogP contribution in [-0.2, 0) is 0 Å². The van der Waals surface area contributed by atoms with Crippen molar-refractivity contribution >= 4 is 17.6 Å². The van der Waals surface area contributed by atoms with Crippen molar-refractivity contribution in [2.45, 2.75) is 31.7 Å². The second-order valence-corrected chi connectivity index (χ2v) is 4.75. The minimum absolute atomic E-state index is 0.143. The van der Waals surface area contributed by atoms with Gasteiger partial charge in [-0.25, -0.2) is 4.79 Å². The summed E-state index contributed by atoms with van der Waals surface area (Å²) in [5.41, 5.74) is 11.1. The van der Waals surface area contributed by atoms with E-state index in [2.05, 4.69) is 0 Å². The smallest absolute Gasteiger partial charge is 0.337 e. The molecule has 1 aromatic carbocycles. The lowest BCUT2D eigenvalue weighted by Gasteiger charge is -2.08. The number of nitrogens with two attached hydrogens (primary N) is 2. The highest BCUT2D eigenvalue weighted by molar-refractivity contribution is 6.33. The molecule has 1 rings (SSSR count). The number of hydrogen-bond donors (Lipinski definition) is 4. The van der Waals surface area contributed by atoms with Crippen molar-refractivity contribution in [1.29, 1.82) is 0 Å². The summed E-state index contributed by atoms with van der Waals surface area (Å²) in [6.45, 7) is 0.961. The zero-order valence-electron chi connectivity index (χ0n) is 11.5. The molecule has 0 saturated carbocycles. The number of benzene rings is 1. The summed E-state index contributed by atoms with van der Waals surface area (Å²) in [5, 5.41) is 17.2. The van der Waals surface area contributed by atoms with Crippen LogP contribution >= 0.6 is 11.6 Å². The van der Waals surface area contributed by atoms with Gasteiger partial charge in [-0.05, 0) is 44.4 Å². The van der Waals surface area contributed by atoms with Crippen molar-refractivity contribution in [2.75, 3.05) is 13.2 Å². The normalized spacial score (nSPS) is 11.4. The molecule has 0 aromatic heterocycles. The van der Waals surface area contributed by atoms with E-state index >= 15 is 0 Å². The number of carboxylic acid groups (broad SMARTS) is 1. The van der Waals surface area contributed by atoms with Crippen LogP contribution in [0.5, 0.6) is 0 Å². The van der Waals surface area contributed by atoms with Gasteiger partial charge in [0.2, 0.25) is 0 Å². The lowest BCUT2D eigenvalue weighted by molar-refractivity contribution is 0.0697. The summed E-state index contributed by atoms with van der Waals surface area (Å²) in [4.78, 5) is 10.3. The third-order valence-corrected chi connectivity index (χ3v) is 2.95. The fourth-order valence-corrected chi connectivity index (χ4v) is 1.73. The van der Waals surface area contributed by atoms with Crippen molar-refractivity contribution in [3.8, 4) is 0 Å². The third kappa shape index (κ3) is 8.87. The predicted molar refractivity (Wildman–Crippen MR) is 81.0 cm³/mol. The minimum atomic E-state index is -0.995. The molecule has 1 atom stereocenters. The summed E-state index contributed by atoms with van der Waals surface area (Å²) in [6, 6.07) is 6.57. The van der Waals surface area contributed by atoms with Gasteiger partial charge in [0.25, 0.3) is 0 Å². The van der Waals surface area contributed by atoms with Crippen LogP contribution in [0.15, 0.2) is 24.3 Å². The SMILES string of the molecule is NCCCC(N)CCCO.O=C(O)c1ccccc1Cl. The predicted octanol–water partition coefficient (Wildman–Crippen LogP) is 1.86. The molecule has 114 valence electrons. The van der Waals surface area contributed by atoms with Gasteiger partial charge in [-0.1, -0.05) is 23.7 Å². The zero-order valence-corrected chi connectivity index (χ0v) is 12.2. The quantitative estimate of drug-likeness (QED) is 0.614. The van der Waals surface area contributed by atoms with E-state index in [-0.39, 0.29) is 23.2 Å². The molecule has 0 radical (unpaired) electrons. The van der Waals surface area contributed by atoms with Gasteiger partial charge in [0.1, 0.15) is 0 Å². The summed E-state index contributed by atoms with van der Waals surface area (Å²) in [6.07, 6.45) is 3.70. The van der Waals surface area contributed by atoms with Gasteiger partial charge in [0.15, 0.2) is 0 Å². The number of aliphatic hydroxyl groups is 1. The standard InChI is InChI=1S/C7H5ClO2.C7H18N2O/c8-6-4-2-1-3-5(6)7(9)10;8-5-1-3-7(9)4-2-6-10/h1-4H,(H,9,10);7,10H,1-6,8-9H2. The fraction of sp³-hybridized carbons (Fsp3) is 0.500. The van der Waals surface area contributed by atoms with Crippen LogP contribution in [0.25, 0.3) is 0 Å². The maximum absolute atomic E-state index is 10.3. The van der Waals surface area contributed by atoms with Gasteiger partial charge >= 0.3 is 5.97 Å². The molecular weight excluding hydrogens is 280 g/mol. The maximum atomic E-state index is 10.3. The fourth-order valence-electron chi connectivity index (χ4n) is 1.51. The number of carboxylic acids is 1. The molecule has 5 nitrogen and oxygen atoms in total. The Morgan fingerprint density at radius 3 is 2.30 bits per heavy atom. The largest absolute Gasteiger partial charge is 0.478 e. The molecule has 0 aliphatic rings. The first-order valence-electron chi connectivity index (χ1n) is 6.57. The molecule has 6 N–H and O–H groups in total. The highest BCUT2D eigenvalue weighted by atomic mass is 35.5. The molecule has 6 heteroatoms. The molecule has 0 spiro atoms. The van der Waals surface area contributed by atoms with E-state index in [0.717, 1.165) is 25.7 Å². The van der Waals surface area contributed by atoms with Crippen LogP contribution in [0.3, 0.4) is 0 Å². The van der Waals surface area contributed by atoms with E-state index in [1.807, 2.05) is 0 Å². The lowest BCUT2D eigenvalue weighted by atomic mass is 10.1. The second-order valence-electron chi connectivity index (χ2n) is 4.34. The summed E-state index contributed by atoms with van der Waals surface area (Å²) >= 11 is 5.54. The first kappa shape index (κ1) is 18.9. The Bertz CT molecular complexity index is 380. The van der Waals surface area contributed by atoms with Gasteiger partial charge in [-0.3, -0.25) is 0 Å². The summed E-state index contributed by atoms with van der Waals surface area (Å²) < 4.78 is 0. The van der Waals surface area contributed by atoms with Crippen LogP contribution in [0, 0.1) is 0 Å². The van der Waals surface area contributed by atoms with Gasteiger partial charge < -0.3 is 21.7 Å². The van der Waals surface area contributed by atoms with Gasteiger partial charge in [0.05, 0.1) is 10.6 Å². The Labute approximate surface area is 124 Å². The monoisotopic (exact) mass is 302 g/mol. The highest BCUT2D eigenvalue weighted by Gasteiger charge is 2.04. The molecule has 0 saturated heterocycles. The number of aliphatic hydroxyl groups excluding tert-OH is 1. The van der Waals surface area contributed by atoms with Crippen molar-refractivity contribution < 1.29 is 15.0 Å². The average molecular weight is 303 g/mol. The number of aromatic carboxylic acids is 1. The number of carbonyl (C=O) groups is 1. The third-order valence-electron chi connectivity index (χ3n) is 2.62. The minimum Gasteiger partial charge on any atom is -0.478 e. The molecule has 1 unspecified atom stereocenters. The van der Waals surface area contributed by atoms with Crippen molar-refractivity contribution in [1.82, 2.24) is 0 Å². The average Bonchev–Trinajstić information content (AvgIpc) is 2.43. The summed E-state index contributed by atoms with van der Waals surface area (Å²) in [5.74, 6) is -0.995. The Morgan fingerprint density at radius 2 is 1.85 bits per heavy atom. The zero-order chi connectivity index (χ0) is 15.4. The van der Waals surface area contributed by atoms with E-state index < -0.39 is 5.97 Å². The number of rotatable bonds is 7. The second kappa shape index (κ2) is 11.7. The lowest BCUT2D eigenvalue weighted by Crippen LogP contribution is -2.21. The van der Waals surface area contributed by atoms with Gasteiger partial charge in [-0.15, -0.1) is 0 Å². The van der Waals surface area contributed by atoms with Crippen molar-refractivity contribution in [3.05, 3.63) is 34.9 Å². The van der Waals surface area contributed by atoms with Gasteiger partial charge in [-0.2, -0.15) is 0 Å². The van der Waals surface area contributed by atoms with Crippen molar-refractivity contribution in [2.24, 2.45) is 11.5 Å². The van der Waals surface area contributed by atoms with Crippen LogP contribution < -0.4 is 11.5 Å². The van der Waals surface area contributed by atoms with Crippen LogP contribution in [-0.4, -0.2) is 35.4 Å². The first-order valence-corrected chi connectivity index (χ1v) is 6.95. The molecule has 0 aliphatic carbocycles. The molecule has 1 aromatic rings. The van der Waals surface area contributed by atoms with Crippen LogP contribution in [0.2, 0.25) is 5.02 Å². The Balaban J connectivity index is 0.000000361. The van der Waals surface area contributed by atoms with Crippen LogP contribution in [0.1, 0.15) is 36.0 Å². The molecule has 20 heavy (non-hydrogen) atoms. The molecule has 0 fully saturated rings. The Kier molecular flexibility index (Phi) is 11.0. The number of halogens is 1.